The van der Waals surface area contributed by atoms with Crippen molar-refractivity contribution in [2.24, 2.45) is 0 Å². The van der Waals surface area contributed by atoms with Crippen LogP contribution in [0.3, 0.4) is 0 Å². The summed E-state index contributed by atoms with van der Waals surface area (Å²) in [4.78, 5) is 23.1. The first kappa shape index (κ1) is 50.0. The fraction of sp³-hybridized carbons (Fsp3) is 0.881. The first-order chi connectivity index (χ1) is 24.5. The Morgan fingerprint density at radius 2 is 1.12 bits per heavy atom. The number of allylic oxidation sites excluding steroid dienone is 4. The summed E-state index contributed by atoms with van der Waals surface area (Å²) in [6.45, 7) is 4.83. The molecule has 0 aromatic heterocycles. The third kappa shape index (κ3) is 37.1. The van der Waals surface area contributed by atoms with Crippen molar-refractivity contribution >= 4 is 13.7 Å². The topological polar surface area (TPSA) is 105 Å². The van der Waals surface area contributed by atoms with Gasteiger partial charge in [-0.05, 0) is 44.9 Å². The lowest BCUT2D eigenvalue weighted by molar-refractivity contribution is -0.870. The van der Waals surface area contributed by atoms with Crippen LogP contribution >= 0.6 is 7.82 Å². The molecular formula is C42H84N2O6P+. The van der Waals surface area contributed by atoms with E-state index in [2.05, 4.69) is 43.5 Å². The lowest BCUT2D eigenvalue weighted by atomic mass is 10.0. The molecule has 0 heterocycles. The average Bonchev–Trinajstić information content (AvgIpc) is 3.07. The SMILES string of the molecule is CCCCC/C=C\C/C=C\CCCCCCCCCCCC(=O)NC(COP(=O)(O)OCC[N+](C)(C)C)C(O)CCCCCCCCCCCC. The fourth-order valence-corrected chi connectivity index (χ4v) is 6.75. The molecule has 0 aliphatic rings. The van der Waals surface area contributed by atoms with Crippen LogP contribution in [-0.4, -0.2) is 73.4 Å². The van der Waals surface area contributed by atoms with Gasteiger partial charge in [0.25, 0.3) is 0 Å². The van der Waals surface area contributed by atoms with E-state index in [0.717, 1.165) is 44.9 Å². The maximum absolute atomic E-state index is 12.8. The molecule has 8 nitrogen and oxygen atoms in total. The zero-order chi connectivity index (χ0) is 37.9. The summed E-state index contributed by atoms with van der Waals surface area (Å²) in [5, 5.41) is 13.9. The van der Waals surface area contributed by atoms with E-state index < -0.39 is 20.0 Å². The molecule has 0 aromatic rings. The van der Waals surface area contributed by atoms with E-state index in [4.69, 9.17) is 9.05 Å². The number of nitrogens with one attached hydrogen (secondary N) is 1. The Morgan fingerprint density at radius 3 is 1.65 bits per heavy atom. The van der Waals surface area contributed by atoms with Gasteiger partial charge in [0.15, 0.2) is 0 Å². The average molecular weight is 744 g/mol. The van der Waals surface area contributed by atoms with Crippen molar-refractivity contribution in [2.75, 3.05) is 40.9 Å². The molecule has 0 aliphatic heterocycles. The molecule has 9 heteroatoms. The number of phosphoric acid groups is 1. The predicted molar refractivity (Wildman–Crippen MR) is 217 cm³/mol. The van der Waals surface area contributed by atoms with Gasteiger partial charge in [-0.3, -0.25) is 13.8 Å². The van der Waals surface area contributed by atoms with Crippen LogP contribution in [0.15, 0.2) is 24.3 Å². The maximum atomic E-state index is 12.8. The molecule has 0 saturated heterocycles. The van der Waals surface area contributed by atoms with Gasteiger partial charge < -0.3 is 19.8 Å². The predicted octanol–water partition coefficient (Wildman–Crippen LogP) is 11.4. The summed E-state index contributed by atoms with van der Waals surface area (Å²) >= 11 is 0. The summed E-state index contributed by atoms with van der Waals surface area (Å²) in [7, 11) is 1.61. The Balaban J connectivity index is 4.32. The van der Waals surface area contributed by atoms with Crippen molar-refractivity contribution in [1.82, 2.24) is 5.32 Å². The van der Waals surface area contributed by atoms with Gasteiger partial charge in [-0.15, -0.1) is 0 Å². The molecule has 3 N–H and O–H groups in total. The van der Waals surface area contributed by atoms with Crippen LogP contribution in [-0.2, 0) is 18.4 Å². The molecule has 0 spiro atoms. The van der Waals surface area contributed by atoms with E-state index in [1.54, 1.807) is 0 Å². The number of quaternary nitrogens is 1. The largest absolute Gasteiger partial charge is 0.472 e. The van der Waals surface area contributed by atoms with Gasteiger partial charge >= 0.3 is 7.82 Å². The number of unbranched alkanes of at least 4 members (excludes halogenated alkanes) is 21. The smallest absolute Gasteiger partial charge is 0.391 e. The van der Waals surface area contributed by atoms with Gasteiger partial charge in [-0.1, -0.05) is 160 Å². The highest BCUT2D eigenvalue weighted by molar-refractivity contribution is 7.47. The number of nitrogens with zero attached hydrogens (tertiary/aromatic N) is 1. The summed E-state index contributed by atoms with van der Waals surface area (Å²) in [5.74, 6) is -0.151. The number of aliphatic hydroxyl groups is 1. The van der Waals surface area contributed by atoms with E-state index in [0.29, 0.717) is 23.9 Å². The van der Waals surface area contributed by atoms with Crippen LogP contribution in [0.4, 0.5) is 0 Å². The van der Waals surface area contributed by atoms with Gasteiger partial charge in [-0.2, -0.15) is 0 Å². The zero-order valence-corrected chi connectivity index (χ0v) is 35.0. The van der Waals surface area contributed by atoms with E-state index >= 15 is 0 Å². The fourth-order valence-electron chi connectivity index (χ4n) is 6.02. The van der Waals surface area contributed by atoms with Crippen LogP contribution in [0, 0.1) is 0 Å². The lowest BCUT2D eigenvalue weighted by Crippen LogP contribution is -2.46. The molecule has 3 atom stereocenters. The van der Waals surface area contributed by atoms with Crippen molar-refractivity contribution < 1.29 is 32.9 Å². The van der Waals surface area contributed by atoms with Crippen LogP contribution in [0.5, 0.6) is 0 Å². The first-order valence-electron chi connectivity index (χ1n) is 21.2. The maximum Gasteiger partial charge on any atom is 0.472 e. The molecule has 0 radical (unpaired) electrons. The number of phosphoric ester groups is 1. The number of aliphatic hydroxyl groups excluding tert-OH is 1. The third-order valence-corrected chi connectivity index (χ3v) is 10.4. The Labute approximate surface area is 315 Å². The minimum atomic E-state index is -4.31. The Kier molecular flexibility index (Phi) is 34.0. The Morgan fingerprint density at radius 1 is 0.667 bits per heavy atom. The number of hydrogen-bond acceptors (Lipinski definition) is 5. The molecule has 0 bridgehead atoms. The number of hydrogen-bond donors (Lipinski definition) is 3. The molecule has 51 heavy (non-hydrogen) atoms. The summed E-state index contributed by atoms with van der Waals surface area (Å²) in [5.41, 5.74) is 0. The van der Waals surface area contributed by atoms with Gasteiger partial charge in [0, 0.05) is 6.42 Å². The molecule has 0 rings (SSSR count). The number of likely N-dealkylation sites (N-methyl/N-ethyl adjacent to an activating group) is 1. The van der Waals surface area contributed by atoms with E-state index in [1.165, 1.54) is 116 Å². The Bertz CT molecular complexity index is 891. The van der Waals surface area contributed by atoms with Crippen molar-refractivity contribution in [3.05, 3.63) is 24.3 Å². The third-order valence-electron chi connectivity index (χ3n) is 9.45. The van der Waals surface area contributed by atoms with Gasteiger partial charge in [0.2, 0.25) is 5.91 Å². The molecule has 302 valence electrons. The number of carbonyl (C=O) groups excluding carboxylic acids is 1. The Hall–Kier alpha value is -1.02. The second-order valence-electron chi connectivity index (χ2n) is 15.7. The minimum absolute atomic E-state index is 0.0740. The van der Waals surface area contributed by atoms with Crippen molar-refractivity contribution in [2.45, 2.75) is 199 Å². The van der Waals surface area contributed by atoms with Crippen LogP contribution in [0.2, 0.25) is 0 Å². The molecule has 0 aliphatic carbocycles. The molecule has 3 unspecified atom stereocenters. The highest BCUT2D eigenvalue weighted by atomic mass is 31.2. The molecule has 0 aromatic carbocycles. The normalized spacial score (nSPS) is 14.7. The quantitative estimate of drug-likeness (QED) is 0.0252. The van der Waals surface area contributed by atoms with E-state index in [-0.39, 0.29) is 19.1 Å². The van der Waals surface area contributed by atoms with Crippen LogP contribution < -0.4 is 5.32 Å². The highest BCUT2D eigenvalue weighted by Gasteiger charge is 2.28. The monoisotopic (exact) mass is 744 g/mol. The standard InChI is InChI=1S/C42H83N2O6P/c1-6-8-10-12-14-16-18-19-20-21-22-23-24-25-26-28-30-32-34-36-42(46)43-40(39-50-51(47,48)49-38-37-44(3,4)5)41(45)35-33-31-29-27-17-15-13-11-9-7-2/h14,16,19-20,40-41,45H,6-13,15,17-18,21-39H2,1-5H3,(H-,43,46,47,48)/p+1/b16-14-,20-19-. The minimum Gasteiger partial charge on any atom is -0.391 e. The summed E-state index contributed by atoms with van der Waals surface area (Å²) < 4.78 is 23.5. The summed E-state index contributed by atoms with van der Waals surface area (Å²) in [6.07, 6.45) is 39.1. The number of carbonyl (C=O) groups is 1. The molecule has 0 fully saturated rings. The van der Waals surface area contributed by atoms with Gasteiger partial charge in [-0.25, -0.2) is 4.57 Å². The first-order valence-corrected chi connectivity index (χ1v) is 22.7. The van der Waals surface area contributed by atoms with Gasteiger partial charge in [0.05, 0.1) is 39.9 Å². The van der Waals surface area contributed by atoms with Crippen molar-refractivity contribution in [3.63, 3.8) is 0 Å². The molecule has 0 saturated carbocycles. The molecular weight excluding hydrogens is 659 g/mol. The molecule has 1 amide bonds. The number of rotatable bonds is 38. The van der Waals surface area contributed by atoms with Crippen molar-refractivity contribution in [1.29, 1.82) is 0 Å². The summed E-state index contributed by atoms with van der Waals surface area (Å²) in [6, 6.07) is -0.758. The van der Waals surface area contributed by atoms with E-state index in [1.807, 2.05) is 21.1 Å². The van der Waals surface area contributed by atoms with Crippen LogP contribution in [0.1, 0.15) is 187 Å². The van der Waals surface area contributed by atoms with E-state index in [9.17, 15) is 19.4 Å². The zero-order valence-electron chi connectivity index (χ0n) is 34.1. The van der Waals surface area contributed by atoms with Crippen molar-refractivity contribution in [3.8, 4) is 0 Å². The second kappa shape index (κ2) is 34.7. The lowest BCUT2D eigenvalue weighted by Gasteiger charge is -2.26. The second-order valence-corrected chi connectivity index (χ2v) is 17.2. The highest BCUT2D eigenvalue weighted by Crippen LogP contribution is 2.43. The number of amides is 1. The van der Waals surface area contributed by atoms with Crippen LogP contribution in [0.25, 0.3) is 0 Å². The van der Waals surface area contributed by atoms with Gasteiger partial charge in [0.1, 0.15) is 13.2 Å².